The van der Waals surface area contributed by atoms with Crippen molar-refractivity contribution in [2.24, 2.45) is 15.9 Å². The van der Waals surface area contributed by atoms with Crippen LogP contribution >= 0.6 is 0 Å². The van der Waals surface area contributed by atoms with E-state index in [0.717, 1.165) is 11.1 Å². The molecule has 0 bridgehead atoms. The molecule has 4 rings (SSSR count). The highest BCUT2D eigenvalue weighted by Gasteiger charge is 2.22. The molecule has 10 nitrogen and oxygen atoms in total. The fraction of sp³-hybridized carbons (Fsp3) is 0.167. The van der Waals surface area contributed by atoms with Crippen LogP contribution in [0.1, 0.15) is 61.6 Å². The molecule has 0 spiro atoms. The third-order valence-electron chi connectivity index (χ3n) is 6.96. The molecule has 0 aliphatic rings. The number of nitrogens with two attached hydrogens (primary N) is 1. The average Bonchev–Trinajstić information content (AvgIpc) is 3.09. The summed E-state index contributed by atoms with van der Waals surface area (Å²) < 4.78 is 0. The lowest BCUT2D eigenvalue weighted by atomic mass is 10.0. The molecule has 5 N–H and O–H groups in total. The summed E-state index contributed by atoms with van der Waals surface area (Å²) in [5, 5.41) is 16.3. The normalized spacial score (nSPS) is 12.1. The molecule has 10 heteroatoms. The summed E-state index contributed by atoms with van der Waals surface area (Å²) in [7, 11) is 0. The molecule has 234 valence electrons. The molecular formula is C36H36N6O4. The topological polar surface area (TPSA) is 155 Å². The maximum absolute atomic E-state index is 13.2. The maximum atomic E-state index is 13.2. The van der Waals surface area contributed by atoms with Crippen molar-refractivity contribution in [1.82, 2.24) is 16.0 Å². The summed E-state index contributed by atoms with van der Waals surface area (Å²) in [6.07, 6.45) is 0.261. The first-order valence-corrected chi connectivity index (χ1v) is 14.8. The maximum Gasteiger partial charge on any atom is 0.251 e. The SMILES string of the molecule is C/C(N)=N/N=C(\C)c1cccc(C(=O)NCCNC(=O)[C@H](Cc2ccccc2)NC(=O)c2ccc(C(=O)c3ccccc3)cc2)c1. The number of amides is 3. The van der Waals surface area contributed by atoms with Gasteiger partial charge in [0.2, 0.25) is 5.91 Å². The smallest absolute Gasteiger partial charge is 0.251 e. The fourth-order valence-electron chi connectivity index (χ4n) is 4.51. The average molecular weight is 617 g/mol. The Kier molecular flexibility index (Phi) is 11.7. The van der Waals surface area contributed by atoms with Gasteiger partial charge < -0.3 is 21.7 Å². The van der Waals surface area contributed by atoms with Crippen molar-refractivity contribution in [3.63, 3.8) is 0 Å². The Hall–Kier alpha value is -5.90. The highest BCUT2D eigenvalue weighted by molar-refractivity contribution is 6.09. The van der Waals surface area contributed by atoms with Crippen LogP contribution in [0, 0.1) is 0 Å². The number of nitrogens with zero attached hydrogens (tertiary/aromatic N) is 2. The van der Waals surface area contributed by atoms with Gasteiger partial charge in [0.15, 0.2) is 5.78 Å². The van der Waals surface area contributed by atoms with Gasteiger partial charge in [0.1, 0.15) is 11.9 Å². The van der Waals surface area contributed by atoms with Gasteiger partial charge in [-0.05, 0) is 49.2 Å². The number of hydrogen-bond donors (Lipinski definition) is 4. The van der Waals surface area contributed by atoms with Crippen LogP contribution in [0.25, 0.3) is 0 Å². The fourth-order valence-corrected chi connectivity index (χ4v) is 4.51. The number of hydrogen-bond acceptors (Lipinski definition) is 6. The standard InChI is InChI=1S/C36H36N6O4/c1-24(41-42-25(2)37)30-14-9-15-31(23-30)34(44)38-20-21-39-36(46)32(22-26-10-5-3-6-11-26)40-35(45)29-18-16-28(17-19-29)33(43)27-12-7-4-8-13-27/h3-19,23,32H,20-22H2,1-2H3,(H2,37,42)(H,38,44)(H,39,46)(H,40,45)/b41-24+/t32-/m0/s1. The first-order chi connectivity index (χ1) is 22.2. The molecule has 0 fully saturated rings. The summed E-state index contributed by atoms with van der Waals surface area (Å²) in [6, 6.07) is 30.6. The van der Waals surface area contributed by atoms with E-state index in [9.17, 15) is 19.2 Å². The van der Waals surface area contributed by atoms with Crippen LogP contribution in [0.4, 0.5) is 0 Å². The molecule has 4 aromatic rings. The molecule has 46 heavy (non-hydrogen) atoms. The minimum Gasteiger partial charge on any atom is -0.386 e. The molecule has 4 aromatic carbocycles. The van der Waals surface area contributed by atoms with E-state index >= 15 is 0 Å². The zero-order valence-corrected chi connectivity index (χ0v) is 25.7. The Balaban J connectivity index is 1.35. The molecule has 0 aliphatic heterocycles. The second-order valence-corrected chi connectivity index (χ2v) is 10.5. The predicted octanol–water partition coefficient (Wildman–Crippen LogP) is 3.91. The Morgan fingerprint density at radius 3 is 1.87 bits per heavy atom. The summed E-state index contributed by atoms with van der Waals surface area (Å²) in [5.41, 5.74) is 9.49. The van der Waals surface area contributed by atoms with E-state index in [1.165, 1.54) is 0 Å². The quantitative estimate of drug-likeness (QED) is 0.0590. The number of amidine groups is 1. The predicted molar refractivity (Wildman–Crippen MR) is 179 cm³/mol. The monoisotopic (exact) mass is 616 g/mol. The number of nitrogens with one attached hydrogen (secondary N) is 3. The van der Waals surface area contributed by atoms with Crippen molar-refractivity contribution in [2.75, 3.05) is 13.1 Å². The van der Waals surface area contributed by atoms with E-state index in [1.807, 2.05) is 42.5 Å². The van der Waals surface area contributed by atoms with Gasteiger partial charge in [0.25, 0.3) is 11.8 Å². The molecule has 0 aromatic heterocycles. The van der Waals surface area contributed by atoms with Crippen LogP contribution < -0.4 is 21.7 Å². The largest absolute Gasteiger partial charge is 0.386 e. The molecule has 0 unspecified atom stereocenters. The number of rotatable bonds is 13. The van der Waals surface area contributed by atoms with E-state index in [2.05, 4.69) is 26.2 Å². The van der Waals surface area contributed by atoms with Crippen molar-refractivity contribution >= 4 is 35.1 Å². The third-order valence-corrected chi connectivity index (χ3v) is 6.96. The van der Waals surface area contributed by atoms with Crippen LogP contribution in [0.2, 0.25) is 0 Å². The lowest BCUT2D eigenvalue weighted by molar-refractivity contribution is -0.122. The van der Waals surface area contributed by atoms with Crippen LogP contribution in [0.15, 0.2) is 119 Å². The van der Waals surface area contributed by atoms with Gasteiger partial charge in [0.05, 0.1) is 5.71 Å². The summed E-state index contributed by atoms with van der Waals surface area (Å²) in [6.45, 7) is 3.72. The molecule has 0 heterocycles. The molecule has 0 radical (unpaired) electrons. The Morgan fingerprint density at radius 2 is 1.20 bits per heavy atom. The number of carbonyl (C=O) groups excluding carboxylic acids is 4. The minimum atomic E-state index is -0.880. The Morgan fingerprint density at radius 1 is 0.630 bits per heavy atom. The molecule has 3 amide bonds. The summed E-state index contributed by atoms with van der Waals surface area (Å²) in [5.74, 6) is -0.983. The van der Waals surface area contributed by atoms with Crippen LogP contribution in [-0.2, 0) is 11.2 Å². The lowest BCUT2D eigenvalue weighted by Crippen LogP contribution is -2.49. The lowest BCUT2D eigenvalue weighted by Gasteiger charge is -2.19. The second-order valence-electron chi connectivity index (χ2n) is 10.5. The van der Waals surface area contributed by atoms with Crippen LogP contribution in [-0.4, -0.2) is 54.2 Å². The van der Waals surface area contributed by atoms with E-state index < -0.39 is 17.9 Å². The number of carbonyl (C=O) groups is 4. The van der Waals surface area contributed by atoms with Crippen molar-refractivity contribution in [3.05, 3.63) is 143 Å². The summed E-state index contributed by atoms with van der Waals surface area (Å²) in [4.78, 5) is 51.9. The van der Waals surface area contributed by atoms with Gasteiger partial charge in [0, 0.05) is 41.8 Å². The highest BCUT2D eigenvalue weighted by Crippen LogP contribution is 2.12. The van der Waals surface area contributed by atoms with Crippen LogP contribution in [0.3, 0.4) is 0 Å². The Bertz CT molecular complexity index is 1730. The number of ketones is 1. The number of benzene rings is 4. The second kappa shape index (κ2) is 16.2. The minimum absolute atomic E-state index is 0.146. The van der Waals surface area contributed by atoms with Crippen molar-refractivity contribution in [2.45, 2.75) is 26.3 Å². The molecular weight excluding hydrogens is 580 g/mol. The molecule has 1 atom stereocenters. The molecule has 0 aliphatic carbocycles. The van der Waals surface area contributed by atoms with E-state index in [4.69, 9.17) is 5.73 Å². The zero-order chi connectivity index (χ0) is 32.9. The first kappa shape index (κ1) is 33.0. The first-order valence-electron chi connectivity index (χ1n) is 14.8. The van der Waals surface area contributed by atoms with Gasteiger partial charge in [-0.25, -0.2) is 0 Å². The van der Waals surface area contributed by atoms with Gasteiger partial charge in [-0.15, -0.1) is 5.10 Å². The molecule has 0 saturated carbocycles. The van der Waals surface area contributed by atoms with E-state index in [1.54, 1.807) is 80.6 Å². The van der Waals surface area contributed by atoms with Crippen molar-refractivity contribution in [3.8, 4) is 0 Å². The van der Waals surface area contributed by atoms with Gasteiger partial charge in [-0.1, -0.05) is 84.9 Å². The van der Waals surface area contributed by atoms with Crippen molar-refractivity contribution in [1.29, 1.82) is 0 Å². The van der Waals surface area contributed by atoms with Gasteiger partial charge >= 0.3 is 0 Å². The zero-order valence-electron chi connectivity index (χ0n) is 25.7. The van der Waals surface area contributed by atoms with E-state index in [-0.39, 0.29) is 31.2 Å². The van der Waals surface area contributed by atoms with Gasteiger partial charge in [-0.3, -0.25) is 19.2 Å². The van der Waals surface area contributed by atoms with Crippen LogP contribution in [0.5, 0.6) is 0 Å². The van der Waals surface area contributed by atoms with E-state index in [0.29, 0.717) is 33.8 Å². The van der Waals surface area contributed by atoms with Crippen molar-refractivity contribution < 1.29 is 19.2 Å². The third kappa shape index (κ3) is 9.55. The summed E-state index contributed by atoms with van der Waals surface area (Å²) >= 11 is 0. The molecule has 0 saturated heterocycles. The highest BCUT2D eigenvalue weighted by atomic mass is 16.2. The Labute approximate surface area is 267 Å². The van der Waals surface area contributed by atoms with Gasteiger partial charge in [-0.2, -0.15) is 5.10 Å².